The first-order valence-corrected chi connectivity index (χ1v) is 10.2. The van der Waals surface area contributed by atoms with Crippen LogP contribution in [-0.4, -0.2) is 39.0 Å². The molecule has 0 bridgehead atoms. The van der Waals surface area contributed by atoms with Crippen molar-refractivity contribution < 1.29 is 10.2 Å². The van der Waals surface area contributed by atoms with Crippen LogP contribution < -0.4 is 0 Å². The maximum Gasteiger partial charge on any atom is 0.0627 e. The van der Waals surface area contributed by atoms with Crippen LogP contribution in [0.5, 0.6) is 0 Å². The lowest BCUT2D eigenvalue weighted by atomic mass is 9.51. The van der Waals surface area contributed by atoms with E-state index < -0.39 is 0 Å². The van der Waals surface area contributed by atoms with Gasteiger partial charge in [-0.3, -0.25) is 0 Å². The van der Waals surface area contributed by atoms with E-state index in [2.05, 4.69) is 37.4 Å². The van der Waals surface area contributed by atoms with Gasteiger partial charge in [0, 0.05) is 5.41 Å². The fourth-order valence-electron chi connectivity index (χ4n) is 5.21. The highest BCUT2D eigenvalue weighted by atomic mass is 32.2. The Morgan fingerprint density at radius 2 is 1.85 bits per heavy atom. The van der Waals surface area contributed by atoms with E-state index in [-0.39, 0.29) is 23.5 Å². The molecule has 3 fully saturated rings. The predicted molar refractivity (Wildman–Crippen MR) is 88.1 cm³/mol. The Bertz CT molecular complexity index is 358. The molecule has 0 aromatic heterocycles. The van der Waals surface area contributed by atoms with Gasteiger partial charge >= 0.3 is 0 Å². The number of rotatable bonds is 2. The summed E-state index contributed by atoms with van der Waals surface area (Å²) < 4.78 is 0.581. The zero-order valence-electron chi connectivity index (χ0n) is 12.7. The van der Waals surface area contributed by atoms with E-state index in [4.69, 9.17) is 0 Å². The van der Waals surface area contributed by atoms with E-state index >= 15 is 0 Å². The summed E-state index contributed by atoms with van der Waals surface area (Å²) in [6.45, 7) is 4.84. The molecule has 1 heterocycles. The number of aliphatic hydroxyl groups excluding tert-OH is 2. The van der Waals surface area contributed by atoms with Crippen LogP contribution in [0.15, 0.2) is 0 Å². The smallest absolute Gasteiger partial charge is 0.0627 e. The second-order valence-corrected chi connectivity index (χ2v) is 10.0. The molecule has 0 unspecified atom stereocenters. The van der Waals surface area contributed by atoms with Gasteiger partial charge in [-0.1, -0.05) is 13.8 Å². The van der Waals surface area contributed by atoms with Crippen LogP contribution in [0.25, 0.3) is 0 Å². The van der Waals surface area contributed by atoms with Crippen molar-refractivity contribution in [3.63, 3.8) is 0 Å². The van der Waals surface area contributed by atoms with Crippen molar-refractivity contribution in [2.75, 3.05) is 18.1 Å². The minimum absolute atomic E-state index is 0.114. The normalized spacial score (nSPS) is 50.1. The highest BCUT2D eigenvalue weighted by molar-refractivity contribution is 8.17. The second-order valence-electron chi connectivity index (χ2n) is 7.22. The van der Waals surface area contributed by atoms with Crippen molar-refractivity contribution in [1.82, 2.24) is 0 Å². The Morgan fingerprint density at radius 1 is 1.15 bits per heavy atom. The zero-order chi connectivity index (χ0) is 14.4. The van der Waals surface area contributed by atoms with Crippen LogP contribution in [0.2, 0.25) is 0 Å². The third kappa shape index (κ3) is 2.01. The molecule has 4 heteroatoms. The molecule has 2 aliphatic carbocycles. The van der Waals surface area contributed by atoms with Crippen LogP contribution in [0.4, 0.5) is 0 Å². The van der Waals surface area contributed by atoms with Gasteiger partial charge in [0.25, 0.3) is 0 Å². The molecule has 1 aliphatic heterocycles. The monoisotopic (exact) mass is 316 g/mol. The SMILES string of the molecule is C[C@H]1CC[C@H](O)[C@]2(CO)[C@@H](C3SCCCS3)CC[C@]12C. The second kappa shape index (κ2) is 5.68. The lowest BCUT2D eigenvalue weighted by Crippen LogP contribution is -2.58. The van der Waals surface area contributed by atoms with Crippen LogP contribution in [0, 0.1) is 22.7 Å². The van der Waals surface area contributed by atoms with E-state index in [0.29, 0.717) is 16.4 Å². The molecule has 0 aromatic carbocycles. The third-order valence-electron chi connectivity index (χ3n) is 6.70. The molecule has 2 N–H and O–H groups in total. The van der Waals surface area contributed by atoms with Crippen LogP contribution in [0.3, 0.4) is 0 Å². The van der Waals surface area contributed by atoms with Gasteiger partial charge in [0.1, 0.15) is 0 Å². The van der Waals surface area contributed by atoms with Crippen molar-refractivity contribution in [1.29, 1.82) is 0 Å². The minimum atomic E-state index is -0.315. The van der Waals surface area contributed by atoms with Crippen molar-refractivity contribution >= 4 is 23.5 Å². The largest absolute Gasteiger partial charge is 0.396 e. The Labute approximate surface area is 131 Å². The quantitative estimate of drug-likeness (QED) is 0.819. The zero-order valence-corrected chi connectivity index (χ0v) is 14.3. The van der Waals surface area contributed by atoms with Gasteiger partial charge < -0.3 is 10.2 Å². The summed E-state index contributed by atoms with van der Waals surface area (Å²) in [4.78, 5) is 0. The van der Waals surface area contributed by atoms with E-state index in [1.165, 1.54) is 30.8 Å². The van der Waals surface area contributed by atoms with Gasteiger partial charge in [0.2, 0.25) is 0 Å². The molecule has 0 aromatic rings. The molecule has 2 nitrogen and oxygen atoms in total. The van der Waals surface area contributed by atoms with E-state index in [0.717, 1.165) is 12.8 Å². The van der Waals surface area contributed by atoms with Crippen LogP contribution in [-0.2, 0) is 0 Å². The molecule has 2 saturated carbocycles. The maximum atomic E-state index is 10.8. The average Bonchev–Trinajstić information content (AvgIpc) is 2.80. The summed E-state index contributed by atoms with van der Waals surface area (Å²) in [6, 6.07) is 0. The molecule has 0 amide bonds. The predicted octanol–water partition coefficient (Wildman–Crippen LogP) is 3.37. The first-order valence-electron chi connectivity index (χ1n) is 8.08. The van der Waals surface area contributed by atoms with E-state index in [1.54, 1.807) is 0 Å². The molecule has 1 saturated heterocycles. The fourth-order valence-corrected chi connectivity index (χ4v) is 8.66. The van der Waals surface area contributed by atoms with Crippen LogP contribution in [0.1, 0.15) is 46.0 Å². The number of fused-ring (bicyclic) bond motifs is 1. The van der Waals surface area contributed by atoms with Crippen molar-refractivity contribution in [2.45, 2.75) is 56.6 Å². The molecule has 0 radical (unpaired) electrons. The van der Waals surface area contributed by atoms with E-state index in [9.17, 15) is 10.2 Å². The summed E-state index contributed by atoms with van der Waals surface area (Å²) in [5, 5.41) is 21.2. The van der Waals surface area contributed by atoms with Gasteiger partial charge in [-0.05, 0) is 60.9 Å². The fraction of sp³-hybridized carbons (Fsp3) is 1.00. The Balaban J connectivity index is 1.95. The summed E-state index contributed by atoms with van der Waals surface area (Å²) >= 11 is 4.15. The number of thioether (sulfide) groups is 2. The lowest BCUT2D eigenvalue weighted by molar-refractivity contribution is -0.156. The summed E-state index contributed by atoms with van der Waals surface area (Å²) in [7, 11) is 0. The van der Waals surface area contributed by atoms with Gasteiger partial charge in [0.05, 0.1) is 17.3 Å². The number of hydrogen-bond donors (Lipinski definition) is 2. The number of hydrogen-bond acceptors (Lipinski definition) is 4. The van der Waals surface area contributed by atoms with Gasteiger partial charge in [-0.2, -0.15) is 0 Å². The molecule has 0 spiro atoms. The summed E-state index contributed by atoms with van der Waals surface area (Å²) in [5.41, 5.74) is -0.144. The third-order valence-corrected chi connectivity index (χ3v) is 9.88. The highest BCUT2D eigenvalue weighted by Crippen LogP contribution is 2.67. The molecule has 116 valence electrons. The standard InChI is InChI=1S/C16H28O2S2/c1-11-4-5-13(18)16(10-17)12(6-7-15(11,16)2)14-19-8-3-9-20-14/h11-14,17-18H,3-10H2,1-2H3/t11-,12+,13-,15+,16-/m0/s1. The van der Waals surface area contributed by atoms with Crippen molar-refractivity contribution in [3.8, 4) is 0 Å². The Morgan fingerprint density at radius 3 is 2.50 bits per heavy atom. The summed E-state index contributed by atoms with van der Waals surface area (Å²) in [5.74, 6) is 3.59. The average molecular weight is 317 g/mol. The topological polar surface area (TPSA) is 40.5 Å². The van der Waals surface area contributed by atoms with Crippen molar-refractivity contribution in [3.05, 3.63) is 0 Å². The van der Waals surface area contributed by atoms with Gasteiger partial charge in [0.15, 0.2) is 0 Å². The first-order chi connectivity index (χ1) is 9.56. The molecular formula is C16H28O2S2. The molecular weight excluding hydrogens is 288 g/mol. The summed E-state index contributed by atoms with van der Waals surface area (Å²) in [6.07, 6.45) is 5.33. The van der Waals surface area contributed by atoms with Gasteiger partial charge in [-0.25, -0.2) is 0 Å². The van der Waals surface area contributed by atoms with Crippen molar-refractivity contribution in [2.24, 2.45) is 22.7 Å². The highest BCUT2D eigenvalue weighted by Gasteiger charge is 2.65. The van der Waals surface area contributed by atoms with E-state index in [1.807, 2.05) is 0 Å². The van der Waals surface area contributed by atoms with Gasteiger partial charge in [-0.15, -0.1) is 23.5 Å². The molecule has 20 heavy (non-hydrogen) atoms. The number of aliphatic hydroxyl groups is 2. The van der Waals surface area contributed by atoms with Crippen LogP contribution >= 0.6 is 23.5 Å². The molecule has 3 rings (SSSR count). The Kier molecular flexibility index (Phi) is 4.40. The molecule has 3 aliphatic rings. The lowest BCUT2D eigenvalue weighted by Gasteiger charge is -2.56. The maximum absolute atomic E-state index is 10.8. The first kappa shape index (κ1) is 15.5. The molecule has 5 atom stereocenters. The minimum Gasteiger partial charge on any atom is -0.396 e. The Hall–Kier alpha value is 0.620.